The van der Waals surface area contributed by atoms with Crippen molar-refractivity contribution in [2.24, 2.45) is 5.92 Å². The van der Waals surface area contributed by atoms with Gasteiger partial charge in [0.1, 0.15) is 12.6 Å². The number of benzene rings is 1. The van der Waals surface area contributed by atoms with Gasteiger partial charge in [0, 0.05) is 5.69 Å². The van der Waals surface area contributed by atoms with Gasteiger partial charge in [-0.05, 0) is 55.9 Å². The topological polar surface area (TPSA) is 49.4 Å². The first-order chi connectivity index (χ1) is 9.04. The van der Waals surface area contributed by atoms with E-state index in [1.165, 1.54) is 0 Å². The van der Waals surface area contributed by atoms with Crippen molar-refractivity contribution in [3.63, 3.8) is 0 Å². The van der Waals surface area contributed by atoms with Crippen LogP contribution < -0.4 is 10.2 Å². The molecule has 3 rings (SSSR count). The summed E-state index contributed by atoms with van der Waals surface area (Å²) < 4.78 is 0. The molecule has 4 nitrogen and oxygen atoms in total. The Morgan fingerprint density at radius 3 is 2.32 bits per heavy atom. The van der Waals surface area contributed by atoms with E-state index in [9.17, 15) is 9.59 Å². The zero-order valence-electron chi connectivity index (χ0n) is 11.3. The van der Waals surface area contributed by atoms with Crippen LogP contribution in [0, 0.1) is 19.8 Å². The first-order valence-corrected chi connectivity index (χ1v) is 6.73. The van der Waals surface area contributed by atoms with E-state index < -0.39 is 0 Å². The molecule has 0 spiro atoms. The molecule has 1 unspecified atom stereocenters. The van der Waals surface area contributed by atoms with Crippen LogP contribution in [0.15, 0.2) is 18.2 Å². The average Bonchev–Trinajstić information content (AvgIpc) is 3.14. The van der Waals surface area contributed by atoms with Gasteiger partial charge in [0.25, 0.3) is 0 Å². The maximum atomic E-state index is 12.5. The molecule has 2 aliphatic rings. The Hall–Kier alpha value is -1.84. The second kappa shape index (κ2) is 4.37. The van der Waals surface area contributed by atoms with E-state index in [0.29, 0.717) is 5.92 Å². The lowest BCUT2D eigenvalue weighted by molar-refractivity contribution is -0.131. The number of aryl methyl sites for hydroxylation is 2. The maximum absolute atomic E-state index is 12.5. The van der Waals surface area contributed by atoms with Crippen molar-refractivity contribution >= 4 is 17.5 Å². The third-order valence-corrected chi connectivity index (χ3v) is 3.76. The maximum Gasteiger partial charge on any atom is 0.250 e. The molecule has 100 valence electrons. The molecular formula is C15H18N2O2. The molecule has 1 heterocycles. The number of nitrogens with one attached hydrogen (secondary N) is 1. The molecule has 4 heteroatoms. The predicted octanol–water partition coefficient (Wildman–Crippen LogP) is 1.54. The number of amides is 2. The quantitative estimate of drug-likeness (QED) is 0.875. The Bertz CT molecular complexity index is 529. The van der Waals surface area contributed by atoms with Crippen LogP contribution in [0.3, 0.4) is 0 Å². The van der Waals surface area contributed by atoms with Gasteiger partial charge >= 0.3 is 0 Å². The Morgan fingerprint density at radius 2 is 1.74 bits per heavy atom. The molecule has 1 N–H and O–H groups in total. The summed E-state index contributed by atoms with van der Waals surface area (Å²) in [6.07, 6.45) is 2.08. The zero-order chi connectivity index (χ0) is 13.6. The SMILES string of the molecule is Cc1cc(C)cc(N2CC(=O)NC(C3CC3)C2=O)c1. The Balaban J connectivity index is 1.93. The largest absolute Gasteiger partial charge is 0.342 e. The molecule has 19 heavy (non-hydrogen) atoms. The standard InChI is InChI=1S/C15H18N2O2/c1-9-5-10(2)7-12(6-9)17-8-13(18)16-14(15(17)19)11-3-4-11/h5-7,11,14H,3-4,8H2,1-2H3,(H,16,18). The van der Waals surface area contributed by atoms with Crippen molar-refractivity contribution in [3.8, 4) is 0 Å². The van der Waals surface area contributed by atoms with Crippen LogP contribution in [0.2, 0.25) is 0 Å². The second-order valence-electron chi connectivity index (χ2n) is 5.65. The summed E-state index contributed by atoms with van der Waals surface area (Å²) in [6, 6.07) is 5.68. The fraction of sp³-hybridized carbons (Fsp3) is 0.467. The normalized spacial score (nSPS) is 23.5. The highest BCUT2D eigenvalue weighted by Crippen LogP contribution is 2.35. The van der Waals surface area contributed by atoms with Crippen molar-refractivity contribution in [1.29, 1.82) is 0 Å². The summed E-state index contributed by atoms with van der Waals surface area (Å²) in [5.74, 6) is 0.313. The van der Waals surface area contributed by atoms with E-state index in [1.54, 1.807) is 4.90 Å². The van der Waals surface area contributed by atoms with Gasteiger partial charge in [-0.2, -0.15) is 0 Å². The molecule has 1 aliphatic carbocycles. The third-order valence-electron chi connectivity index (χ3n) is 3.76. The summed E-state index contributed by atoms with van der Waals surface area (Å²) >= 11 is 0. The van der Waals surface area contributed by atoms with E-state index in [2.05, 4.69) is 11.4 Å². The Labute approximate surface area is 112 Å². The van der Waals surface area contributed by atoms with Crippen LogP contribution in [0.4, 0.5) is 5.69 Å². The van der Waals surface area contributed by atoms with Crippen molar-refractivity contribution in [1.82, 2.24) is 5.32 Å². The fourth-order valence-electron chi connectivity index (χ4n) is 2.74. The Kier molecular flexibility index (Phi) is 2.81. The minimum atomic E-state index is -0.318. The number of anilines is 1. The van der Waals surface area contributed by atoms with Crippen LogP contribution in [0.5, 0.6) is 0 Å². The summed E-state index contributed by atoms with van der Waals surface area (Å²) in [6.45, 7) is 4.14. The number of carbonyl (C=O) groups is 2. The predicted molar refractivity (Wildman–Crippen MR) is 72.9 cm³/mol. The van der Waals surface area contributed by atoms with Crippen LogP contribution in [-0.4, -0.2) is 24.4 Å². The lowest BCUT2D eigenvalue weighted by atomic mass is 10.1. The first kappa shape index (κ1) is 12.2. The summed E-state index contributed by atoms with van der Waals surface area (Å²) in [5.41, 5.74) is 3.05. The molecule has 0 aromatic heterocycles. The molecule has 1 aromatic carbocycles. The fourth-order valence-corrected chi connectivity index (χ4v) is 2.74. The van der Waals surface area contributed by atoms with Gasteiger partial charge < -0.3 is 10.2 Å². The van der Waals surface area contributed by atoms with Gasteiger partial charge in [-0.3, -0.25) is 9.59 Å². The molecule has 0 bridgehead atoms. The lowest BCUT2D eigenvalue weighted by Gasteiger charge is -2.33. The number of hydrogen-bond donors (Lipinski definition) is 1. The van der Waals surface area contributed by atoms with Crippen LogP contribution in [0.25, 0.3) is 0 Å². The van der Waals surface area contributed by atoms with E-state index in [1.807, 2.05) is 26.0 Å². The minimum absolute atomic E-state index is 0.0344. The van der Waals surface area contributed by atoms with Gasteiger partial charge in [-0.15, -0.1) is 0 Å². The summed E-state index contributed by atoms with van der Waals surface area (Å²) in [5, 5.41) is 2.83. The van der Waals surface area contributed by atoms with Crippen LogP contribution >= 0.6 is 0 Å². The van der Waals surface area contributed by atoms with E-state index in [4.69, 9.17) is 0 Å². The van der Waals surface area contributed by atoms with E-state index >= 15 is 0 Å². The van der Waals surface area contributed by atoms with Gasteiger partial charge in [-0.25, -0.2) is 0 Å². The molecule has 1 aliphatic heterocycles. The minimum Gasteiger partial charge on any atom is -0.342 e. The van der Waals surface area contributed by atoms with Gasteiger partial charge in [0.15, 0.2) is 0 Å². The number of carbonyl (C=O) groups excluding carboxylic acids is 2. The Morgan fingerprint density at radius 1 is 1.11 bits per heavy atom. The van der Waals surface area contributed by atoms with Gasteiger partial charge in [0.05, 0.1) is 0 Å². The monoisotopic (exact) mass is 258 g/mol. The molecular weight excluding hydrogens is 240 g/mol. The van der Waals surface area contributed by atoms with Gasteiger partial charge in [-0.1, -0.05) is 6.07 Å². The van der Waals surface area contributed by atoms with Crippen LogP contribution in [0.1, 0.15) is 24.0 Å². The smallest absolute Gasteiger partial charge is 0.250 e. The lowest BCUT2D eigenvalue weighted by Crippen LogP contribution is -2.59. The number of hydrogen-bond acceptors (Lipinski definition) is 2. The van der Waals surface area contributed by atoms with Crippen molar-refractivity contribution in [3.05, 3.63) is 29.3 Å². The number of nitrogens with zero attached hydrogens (tertiary/aromatic N) is 1. The van der Waals surface area contributed by atoms with Gasteiger partial charge in [0.2, 0.25) is 11.8 Å². The highest BCUT2D eigenvalue weighted by atomic mass is 16.2. The molecule has 1 saturated carbocycles. The molecule has 0 radical (unpaired) electrons. The molecule has 1 atom stereocenters. The van der Waals surface area contributed by atoms with Crippen molar-refractivity contribution in [2.75, 3.05) is 11.4 Å². The van der Waals surface area contributed by atoms with Crippen molar-refractivity contribution < 1.29 is 9.59 Å². The first-order valence-electron chi connectivity index (χ1n) is 6.73. The van der Waals surface area contributed by atoms with Crippen molar-refractivity contribution in [2.45, 2.75) is 32.7 Å². The third kappa shape index (κ3) is 2.35. The number of piperazine rings is 1. The molecule has 1 aromatic rings. The molecule has 1 saturated heterocycles. The highest BCUT2D eigenvalue weighted by Gasteiger charge is 2.43. The summed E-state index contributed by atoms with van der Waals surface area (Å²) in [4.78, 5) is 25.9. The molecule has 2 fully saturated rings. The zero-order valence-corrected chi connectivity index (χ0v) is 11.3. The van der Waals surface area contributed by atoms with Crippen LogP contribution in [-0.2, 0) is 9.59 Å². The molecule has 2 amide bonds. The average molecular weight is 258 g/mol. The second-order valence-corrected chi connectivity index (χ2v) is 5.65. The highest BCUT2D eigenvalue weighted by molar-refractivity contribution is 6.06. The summed E-state index contributed by atoms with van der Waals surface area (Å²) in [7, 11) is 0. The van der Waals surface area contributed by atoms with E-state index in [0.717, 1.165) is 29.7 Å². The number of rotatable bonds is 2. The van der Waals surface area contributed by atoms with E-state index in [-0.39, 0.29) is 24.4 Å².